The monoisotopic (exact) mass is 456 g/mol. The van der Waals surface area contributed by atoms with E-state index >= 15 is 0 Å². The molecule has 0 saturated carbocycles. The van der Waals surface area contributed by atoms with Crippen LogP contribution in [-0.4, -0.2) is 34.1 Å². The molecule has 2 heterocycles. The second kappa shape index (κ2) is 8.42. The number of hydrogen-bond donors (Lipinski definition) is 1. The molecule has 8 heteroatoms. The average molecular weight is 457 g/mol. The minimum absolute atomic E-state index is 0.128. The van der Waals surface area contributed by atoms with E-state index in [1.165, 1.54) is 4.68 Å². The fraction of sp³-hybridized carbons (Fsp3) is 0.333. The van der Waals surface area contributed by atoms with Gasteiger partial charge in [-0.3, -0.25) is 9.59 Å². The Morgan fingerprint density at radius 2 is 1.86 bits per heavy atom. The van der Waals surface area contributed by atoms with Crippen molar-refractivity contribution in [2.45, 2.75) is 31.3 Å². The number of rotatable bonds is 5. The predicted octanol–water partition coefficient (Wildman–Crippen LogP) is 2.77. The Morgan fingerprint density at radius 3 is 2.62 bits per heavy atom. The maximum Gasteiger partial charge on any atom is 0.277 e. The van der Waals surface area contributed by atoms with Crippen LogP contribution in [-0.2, 0) is 21.6 Å². The molecule has 1 aliphatic heterocycles. The Balaban J connectivity index is 1.50. The summed E-state index contributed by atoms with van der Waals surface area (Å²) in [6.07, 6.45) is 1.55. The second-order valence-corrected chi connectivity index (χ2v) is 8.05. The fourth-order valence-corrected chi connectivity index (χ4v) is 3.95. The molecular formula is C21H21BrN4O3. The molecule has 0 radical (unpaired) electrons. The van der Waals surface area contributed by atoms with Crippen LogP contribution in [0.3, 0.4) is 0 Å². The van der Waals surface area contributed by atoms with Gasteiger partial charge in [0.05, 0.1) is 17.5 Å². The number of ether oxygens (including phenoxy) is 1. The molecule has 1 aliphatic rings. The molecule has 29 heavy (non-hydrogen) atoms. The van der Waals surface area contributed by atoms with Crippen LogP contribution >= 0.6 is 15.9 Å². The smallest absolute Gasteiger partial charge is 0.277 e. The normalized spacial score (nSPS) is 15.9. The highest BCUT2D eigenvalue weighted by molar-refractivity contribution is 9.10. The number of carbonyl (C=O) groups is 1. The summed E-state index contributed by atoms with van der Waals surface area (Å²) in [5.41, 5.74) is 0.905. The van der Waals surface area contributed by atoms with Gasteiger partial charge < -0.3 is 10.1 Å². The highest BCUT2D eigenvalue weighted by atomic mass is 79.9. The first-order valence-electron chi connectivity index (χ1n) is 9.55. The minimum atomic E-state index is -0.462. The number of halogens is 1. The van der Waals surface area contributed by atoms with Crippen molar-refractivity contribution in [3.8, 4) is 0 Å². The van der Waals surface area contributed by atoms with Crippen LogP contribution in [0.1, 0.15) is 24.8 Å². The molecule has 1 N–H and O–H groups in total. The number of amides is 1. The molecule has 4 rings (SSSR count). The molecule has 1 amide bonds. The van der Waals surface area contributed by atoms with E-state index in [1.807, 2.05) is 30.3 Å². The lowest BCUT2D eigenvalue weighted by Gasteiger charge is -2.38. The number of hydrogen-bond acceptors (Lipinski definition) is 5. The van der Waals surface area contributed by atoms with Crippen molar-refractivity contribution in [1.29, 1.82) is 0 Å². The Bertz CT molecular complexity index is 1080. The van der Waals surface area contributed by atoms with Crippen LogP contribution in [0.5, 0.6) is 0 Å². The van der Waals surface area contributed by atoms with Crippen LogP contribution in [0.25, 0.3) is 10.9 Å². The maximum atomic E-state index is 12.8. The van der Waals surface area contributed by atoms with E-state index in [0.717, 1.165) is 10.0 Å². The van der Waals surface area contributed by atoms with Crippen molar-refractivity contribution in [2.24, 2.45) is 0 Å². The van der Waals surface area contributed by atoms with Gasteiger partial charge in [0.15, 0.2) is 0 Å². The van der Waals surface area contributed by atoms with E-state index < -0.39 is 5.54 Å². The summed E-state index contributed by atoms with van der Waals surface area (Å²) in [7, 11) is 0. The minimum Gasteiger partial charge on any atom is -0.381 e. The Labute approximate surface area is 176 Å². The molecule has 7 nitrogen and oxygen atoms in total. The van der Waals surface area contributed by atoms with Crippen LogP contribution < -0.4 is 10.9 Å². The van der Waals surface area contributed by atoms with Crippen molar-refractivity contribution in [2.75, 3.05) is 13.2 Å². The summed E-state index contributed by atoms with van der Waals surface area (Å²) in [6, 6.07) is 15.1. The molecule has 0 spiro atoms. The predicted molar refractivity (Wildman–Crippen MR) is 112 cm³/mol. The zero-order valence-electron chi connectivity index (χ0n) is 15.8. The summed E-state index contributed by atoms with van der Waals surface area (Å²) in [5, 5.41) is 11.7. The highest BCUT2D eigenvalue weighted by Gasteiger charge is 2.35. The van der Waals surface area contributed by atoms with E-state index in [0.29, 0.717) is 37.0 Å². The third-order valence-corrected chi connectivity index (χ3v) is 5.83. The van der Waals surface area contributed by atoms with Crippen LogP contribution in [0.15, 0.2) is 57.8 Å². The van der Waals surface area contributed by atoms with Gasteiger partial charge in [-0.15, -0.1) is 5.10 Å². The summed E-state index contributed by atoms with van der Waals surface area (Å²) >= 11 is 3.46. The lowest BCUT2D eigenvalue weighted by molar-refractivity contribution is -0.124. The van der Waals surface area contributed by atoms with Gasteiger partial charge in [0.25, 0.3) is 5.56 Å². The van der Waals surface area contributed by atoms with E-state index in [-0.39, 0.29) is 24.4 Å². The lowest BCUT2D eigenvalue weighted by Crippen LogP contribution is -2.49. The number of benzene rings is 2. The van der Waals surface area contributed by atoms with Gasteiger partial charge >= 0.3 is 0 Å². The summed E-state index contributed by atoms with van der Waals surface area (Å²) in [4.78, 5) is 25.3. The molecule has 0 bridgehead atoms. The molecule has 1 fully saturated rings. The van der Waals surface area contributed by atoms with Crippen molar-refractivity contribution >= 4 is 32.7 Å². The molecule has 3 aromatic rings. The maximum absolute atomic E-state index is 12.8. The van der Waals surface area contributed by atoms with Crippen molar-refractivity contribution in [3.05, 3.63) is 68.9 Å². The van der Waals surface area contributed by atoms with E-state index in [4.69, 9.17) is 4.74 Å². The zero-order valence-corrected chi connectivity index (χ0v) is 17.4. The Kier molecular flexibility index (Phi) is 5.73. The molecule has 150 valence electrons. The average Bonchev–Trinajstić information content (AvgIpc) is 2.74. The van der Waals surface area contributed by atoms with Crippen molar-refractivity contribution < 1.29 is 9.53 Å². The molecule has 2 aromatic carbocycles. The number of nitrogens with zero attached hydrogens (tertiary/aromatic N) is 3. The van der Waals surface area contributed by atoms with Gasteiger partial charge in [-0.05, 0) is 42.7 Å². The van der Waals surface area contributed by atoms with Crippen molar-refractivity contribution in [3.63, 3.8) is 0 Å². The third kappa shape index (κ3) is 4.23. The van der Waals surface area contributed by atoms with Gasteiger partial charge in [0, 0.05) is 24.1 Å². The SMILES string of the molecule is O=C(CCn1nnc2ccccc2c1=O)NC1(c2ccc(Br)cc2)CCOCC1. The molecule has 0 aliphatic carbocycles. The zero-order chi connectivity index (χ0) is 20.3. The summed E-state index contributed by atoms with van der Waals surface area (Å²) in [6.45, 7) is 1.35. The highest BCUT2D eigenvalue weighted by Crippen LogP contribution is 2.33. The van der Waals surface area contributed by atoms with E-state index in [1.54, 1.807) is 18.2 Å². The van der Waals surface area contributed by atoms with Crippen LogP contribution in [0, 0.1) is 0 Å². The number of nitrogens with one attached hydrogen (secondary N) is 1. The first kappa shape index (κ1) is 19.7. The second-order valence-electron chi connectivity index (χ2n) is 7.13. The van der Waals surface area contributed by atoms with Crippen molar-refractivity contribution in [1.82, 2.24) is 20.3 Å². The largest absolute Gasteiger partial charge is 0.381 e. The van der Waals surface area contributed by atoms with Gasteiger partial charge in [0.1, 0.15) is 5.52 Å². The third-order valence-electron chi connectivity index (χ3n) is 5.30. The van der Waals surface area contributed by atoms with E-state index in [9.17, 15) is 9.59 Å². The number of aryl methyl sites for hydroxylation is 1. The number of fused-ring (bicyclic) bond motifs is 1. The van der Waals surface area contributed by atoms with Crippen LogP contribution in [0.2, 0.25) is 0 Å². The Morgan fingerprint density at radius 1 is 1.14 bits per heavy atom. The molecule has 0 unspecified atom stereocenters. The fourth-order valence-electron chi connectivity index (χ4n) is 3.68. The quantitative estimate of drug-likeness (QED) is 0.637. The van der Waals surface area contributed by atoms with E-state index in [2.05, 4.69) is 31.6 Å². The standard InChI is InChI=1S/C21H21BrN4O3/c22-16-7-5-15(6-8-16)21(10-13-29-14-11-21)23-19(27)9-12-26-20(28)17-3-1-2-4-18(17)24-25-26/h1-8H,9-14H2,(H,23,27). The number of carbonyl (C=O) groups excluding carboxylic acids is 1. The molecule has 0 atom stereocenters. The van der Waals surface area contributed by atoms with Gasteiger partial charge in [-0.1, -0.05) is 45.4 Å². The summed E-state index contributed by atoms with van der Waals surface area (Å²) < 4.78 is 7.75. The topological polar surface area (TPSA) is 86.1 Å². The first-order valence-corrected chi connectivity index (χ1v) is 10.3. The van der Waals surface area contributed by atoms with Crippen LogP contribution in [0.4, 0.5) is 0 Å². The number of aromatic nitrogens is 3. The van der Waals surface area contributed by atoms with Gasteiger partial charge in [-0.25, -0.2) is 4.68 Å². The molecule has 1 aromatic heterocycles. The van der Waals surface area contributed by atoms with Gasteiger partial charge in [0.2, 0.25) is 5.91 Å². The lowest BCUT2D eigenvalue weighted by atomic mass is 9.82. The summed E-state index contributed by atoms with van der Waals surface area (Å²) in [5.74, 6) is -0.128. The molecule has 1 saturated heterocycles. The Hall–Kier alpha value is -2.58. The first-order chi connectivity index (χ1) is 14.1. The van der Waals surface area contributed by atoms with Gasteiger partial charge in [-0.2, -0.15) is 0 Å². The molecular weight excluding hydrogens is 436 g/mol.